The largest absolute Gasteiger partial charge is 0.298 e. The predicted octanol–water partition coefficient (Wildman–Crippen LogP) is 2.32. The first-order valence-corrected chi connectivity index (χ1v) is 8.76. The van der Waals surface area contributed by atoms with E-state index < -0.39 is 8.07 Å². The van der Waals surface area contributed by atoms with E-state index >= 15 is 0 Å². The first-order chi connectivity index (χ1) is 8.14. The molecular formula is C15H16OSi. The second kappa shape index (κ2) is 4.68. The number of benzene rings is 2. The summed E-state index contributed by atoms with van der Waals surface area (Å²) in [6.07, 6.45) is 0.890. The Morgan fingerprint density at radius 1 is 0.824 bits per heavy atom. The molecule has 0 saturated heterocycles. The van der Waals surface area contributed by atoms with E-state index in [1.807, 2.05) is 18.2 Å². The van der Waals surface area contributed by atoms with Crippen LogP contribution in [-0.4, -0.2) is 14.4 Å². The molecule has 0 saturated carbocycles. The van der Waals surface area contributed by atoms with Crippen molar-refractivity contribution in [2.45, 2.75) is 13.1 Å². The molecule has 0 spiro atoms. The topological polar surface area (TPSA) is 17.1 Å². The minimum atomic E-state index is -1.61. The highest BCUT2D eigenvalue weighted by Gasteiger charge is 2.25. The predicted molar refractivity (Wildman–Crippen MR) is 75.0 cm³/mol. The van der Waals surface area contributed by atoms with Gasteiger partial charge in [0.05, 0.1) is 0 Å². The standard InChI is InChI=1S/C15H16OSi/c1-17(2,14-6-4-3-5-7-14)15-10-8-13(12-16)9-11-15/h3-12H,1-2H3. The van der Waals surface area contributed by atoms with Crippen LogP contribution >= 0.6 is 0 Å². The molecule has 0 radical (unpaired) electrons. The molecule has 0 fully saturated rings. The minimum Gasteiger partial charge on any atom is -0.298 e. The van der Waals surface area contributed by atoms with Crippen LogP contribution in [0.4, 0.5) is 0 Å². The van der Waals surface area contributed by atoms with E-state index in [4.69, 9.17) is 0 Å². The van der Waals surface area contributed by atoms with Crippen LogP contribution in [0.5, 0.6) is 0 Å². The first kappa shape index (κ1) is 11.8. The number of hydrogen-bond donors (Lipinski definition) is 0. The van der Waals surface area contributed by atoms with Crippen LogP contribution in [0.1, 0.15) is 10.4 Å². The van der Waals surface area contributed by atoms with Crippen molar-refractivity contribution >= 4 is 24.7 Å². The summed E-state index contributed by atoms with van der Waals surface area (Å²) in [5.74, 6) is 0. The summed E-state index contributed by atoms with van der Waals surface area (Å²) in [5.41, 5.74) is 0.742. The second-order valence-corrected chi connectivity index (χ2v) is 9.14. The van der Waals surface area contributed by atoms with Crippen LogP contribution in [0.2, 0.25) is 13.1 Å². The smallest absolute Gasteiger partial charge is 0.150 e. The number of carbonyl (C=O) groups is 1. The Morgan fingerprint density at radius 3 is 1.88 bits per heavy atom. The molecule has 0 aliphatic rings. The highest BCUT2D eigenvalue weighted by atomic mass is 28.3. The Kier molecular flexibility index (Phi) is 3.25. The van der Waals surface area contributed by atoms with Crippen LogP contribution in [0, 0.1) is 0 Å². The maximum atomic E-state index is 10.6. The van der Waals surface area contributed by atoms with E-state index in [0.717, 1.165) is 11.8 Å². The average Bonchev–Trinajstić information content (AvgIpc) is 2.40. The molecule has 0 atom stereocenters. The quantitative estimate of drug-likeness (QED) is 0.594. The lowest BCUT2D eigenvalue weighted by Gasteiger charge is -2.23. The molecule has 86 valence electrons. The van der Waals surface area contributed by atoms with Crippen LogP contribution in [-0.2, 0) is 0 Å². The van der Waals surface area contributed by atoms with Gasteiger partial charge in [-0.2, -0.15) is 0 Å². The van der Waals surface area contributed by atoms with Crippen molar-refractivity contribution in [3.8, 4) is 0 Å². The summed E-state index contributed by atoms with van der Waals surface area (Å²) in [4.78, 5) is 10.6. The van der Waals surface area contributed by atoms with Crippen LogP contribution < -0.4 is 10.4 Å². The molecule has 2 rings (SSSR count). The minimum absolute atomic E-state index is 0.742. The molecule has 0 aliphatic carbocycles. The molecule has 0 amide bonds. The summed E-state index contributed by atoms with van der Waals surface area (Å²) < 4.78 is 0. The normalized spacial score (nSPS) is 11.2. The van der Waals surface area contributed by atoms with Gasteiger partial charge in [0.1, 0.15) is 14.4 Å². The monoisotopic (exact) mass is 240 g/mol. The van der Waals surface area contributed by atoms with Crippen molar-refractivity contribution < 1.29 is 4.79 Å². The molecule has 0 aliphatic heterocycles. The van der Waals surface area contributed by atoms with Gasteiger partial charge >= 0.3 is 0 Å². The fraction of sp³-hybridized carbons (Fsp3) is 0.133. The summed E-state index contributed by atoms with van der Waals surface area (Å²) in [6, 6.07) is 18.6. The summed E-state index contributed by atoms with van der Waals surface area (Å²) >= 11 is 0. The summed E-state index contributed by atoms with van der Waals surface area (Å²) in [7, 11) is -1.61. The maximum Gasteiger partial charge on any atom is 0.150 e. The van der Waals surface area contributed by atoms with Crippen molar-refractivity contribution in [1.29, 1.82) is 0 Å². The summed E-state index contributed by atoms with van der Waals surface area (Å²) in [6.45, 7) is 4.66. The Hall–Kier alpha value is -1.67. The fourth-order valence-corrected chi connectivity index (χ4v) is 4.36. The molecule has 2 aromatic rings. The zero-order valence-electron chi connectivity index (χ0n) is 10.2. The highest BCUT2D eigenvalue weighted by Crippen LogP contribution is 2.05. The van der Waals surface area contributed by atoms with Gasteiger partial charge in [-0.05, 0) is 0 Å². The molecule has 0 bridgehead atoms. The molecule has 0 heterocycles. The summed E-state index contributed by atoms with van der Waals surface area (Å²) in [5, 5.41) is 2.77. The average molecular weight is 240 g/mol. The van der Waals surface area contributed by atoms with Gasteiger partial charge in [-0.25, -0.2) is 0 Å². The lowest BCUT2D eigenvalue weighted by Crippen LogP contribution is -2.52. The molecule has 2 aromatic carbocycles. The second-order valence-electron chi connectivity index (χ2n) is 4.73. The zero-order chi connectivity index (χ0) is 12.3. The van der Waals surface area contributed by atoms with E-state index in [1.165, 1.54) is 10.4 Å². The van der Waals surface area contributed by atoms with Gasteiger partial charge < -0.3 is 0 Å². The van der Waals surface area contributed by atoms with E-state index in [9.17, 15) is 4.79 Å². The van der Waals surface area contributed by atoms with Crippen molar-refractivity contribution in [1.82, 2.24) is 0 Å². The molecule has 1 nitrogen and oxygen atoms in total. The van der Waals surface area contributed by atoms with E-state index in [0.29, 0.717) is 0 Å². The third kappa shape index (κ3) is 2.37. The van der Waals surface area contributed by atoms with Gasteiger partial charge in [0, 0.05) is 5.56 Å². The third-order valence-corrected chi connectivity index (χ3v) is 6.82. The molecule has 0 aromatic heterocycles. The van der Waals surface area contributed by atoms with Gasteiger partial charge in [-0.3, -0.25) is 4.79 Å². The molecular weight excluding hydrogens is 224 g/mol. The Morgan fingerprint density at radius 2 is 1.35 bits per heavy atom. The molecule has 17 heavy (non-hydrogen) atoms. The molecule has 0 N–H and O–H groups in total. The van der Waals surface area contributed by atoms with Crippen molar-refractivity contribution in [3.63, 3.8) is 0 Å². The van der Waals surface area contributed by atoms with Gasteiger partial charge in [0.25, 0.3) is 0 Å². The lowest BCUT2D eigenvalue weighted by atomic mass is 10.2. The molecule has 0 unspecified atom stereocenters. The van der Waals surface area contributed by atoms with Crippen molar-refractivity contribution in [2.75, 3.05) is 0 Å². The SMILES string of the molecule is C[Si](C)(c1ccccc1)c1ccc(C=O)cc1. The number of hydrogen-bond acceptors (Lipinski definition) is 1. The number of carbonyl (C=O) groups excluding carboxylic acids is 1. The van der Waals surface area contributed by atoms with E-state index in [-0.39, 0.29) is 0 Å². The third-order valence-electron chi connectivity index (χ3n) is 3.26. The lowest BCUT2D eigenvalue weighted by molar-refractivity contribution is 0.112. The van der Waals surface area contributed by atoms with E-state index in [2.05, 4.69) is 49.5 Å². The Balaban J connectivity index is 2.40. The number of rotatable bonds is 3. The van der Waals surface area contributed by atoms with Gasteiger partial charge in [-0.1, -0.05) is 78.1 Å². The van der Waals surface area contributed by atoms with Crippen LogP contribution in [0.15, 0.2) is 54.6 Å². The zero-order valence-corrected chi connectivity index (χ0v) is 11.2. The van der Waals surface area contributed by atoms with Crippen molar-refractivity contribution in [2.24, 2.45) is 0 Å². The van der Waals surface area contributed by atoms with Crippen LogP contribution in [0.3, 0.4) is 0 Å². The fourth-order valence-electron chi connectivity index (χ4n) is 2.00. The Bertz CT molecular complexity index is 500. The van der Waals surface area contributed by atoms with Gasteiger partial charge in [0.15, 0.2) is 0 Å². The van der Waals surface area contributed by atoms with Gasteiger partial charge in [-0.15, -0.1) is 0 Å². The van der Waals surface area contributed by atoms with E-state index in [1.54, 1.807) is 0 Å². The maximum absolute atomic E-state index is 10.6. The highest BCUT2D eigenvalue weighted by molar-refractivity contribution is 7.00. The molecule has 2 heteroatoms. The van der Waals surface area contributed by atoms with Crippen molar-refractivity contribution in [3.05, 3.63) is 60.2 Å². The Labute approximate surface area is 103 Å². The first-order valence-electron chi connectivity index (χ1n) is 5.76. The van der Waals surface area contributed by atoms with Gasteiger partial charge in [0.2, 0.25) is 0 Å². The van der Waals surface area contributed by atoms with Crippen LogP contribution in [0.25, 0.3) is 0 Å². The number of aldehydes is 1.